The number of carbonyl (C=O) groups excluding carboxylic acids is 1. The van der Waals surface area contributed by atoms with Gasteiger partial charge in [0.1, 0.15) is 0 Å². The van der Waals surface area contributed by atoms with Gasteiger partial charge in [0.05, 0.1) is 11.3 Å². The topological polar surface area (TPSA) is 83.6 Å². The maximum absolute atomic E-state index is 12.8. The van der Waals surface area contributed by atoms with E-state index in [1.165, 1.54) is 0 Å². The molecule has 0 spiro atoms. The number of carboxylic acid groups (broad SMARTS) is 1. The van der Waals surface area contributed by atoms with Crippen molar-refractivity contribution in [3.05, 3.63) is 0 Å². The molecule has 114 valence electrons. The van der Waals surface area contributed by atoms with Crippen LogP contribution in [0.2, 0.25) is 0 Å². The molecule has 0 radical (unpaired) electrons. The van der Waals surface area contributed by atoms with Gasteiger partial charge in [-0.25, -0.2) is 0 Å². The molecule has 1 heterocycles. The summed E-state index contributed by atoms with van der Waals surface area (Å²) in [5, 5.41) is 9.14. The van der Waals surface area contributed by atoms with Crippen LogP contribution in [0.25, 0.3) is 0 Å². The molecule has 0 unspecified atom stereocenters. The van der Waals surface area contributed by atoms with E-state index < -0.39 is 17.3 Å². The van der Waals surface area contributed by atoms with Crippen LogP contribution >= 0.6 is 0 Å². The fraction of sp³-hybridized carbons (Fsp3) is 0.867. The molecule has 5 nitrogen and oxygen atoms in total. The second-order valence-electron chi connectivity index (χ2n) is 6.60. The summed E-state index contributed by atoms with van der Waals surface area (Å²) in [6, 6.07) is 0. The zero-order valence-corrected chi connectivity index (χ0v) is 12.3. The number of amides is 1. The average Bonchev–Trinajstić information content (AvgIpc) is 2.48. The van der Waals surface area contributed by atoms with Crippen molar-refractivity contribution in [1.82, 2.24) is 4.90 Å². The van der Waals surface area contributed by atoms with Crippen molar-refractivity contribution in [2.75, 3.05) is 19.6 Å². The monoisotopic (exact) mass is 282 g/mol. The van der Waals surface area contributed by atoms with Crippen LogP contribution in [0.3, 0.4) is 0 Å². The van der Waals surface area contributed by atoms with Gasteiger partial charge in [-0.15, -0.1) is 0 Å². The molecule has 0 aromatic carbocycles. The van der Waals surface area contributed by atoms with E-state index in [-0.39, 0.29) is 5.91 Å². The number of rotatable bonds is 3. The first-order valence-corrected chi connectivity index (χ1v) is 7.71. The first-order valence-electron chi connectivity index (χ1n) is 7.71. The number of likely N-dealkylation sites (tertiary alicyclic amines) is 1. The molecule has 20 heavy (non-hydrogen) atoms. The molecule has 2 rings (SSSR count). The zero-order chi connectivity index (χ0) is 14.8. The van der Waals surface area contributed by atoms with Crippen molar-refractivity contribution in [2.45, 2.75) is 45.4 Å². The van der Waals surface area contributed by atoms with E-state index in [2.05, 4.69) is 6.92 Å². The smallest absolute Gasteiger partial charge is 0.308 e. The summed E-state index contributed by atoms with van der Waals surface area (Å²) >= 11 is 0. The summed E-state index contributed by atoms with van der Waals surface area (Å²) < 4.78 is 0. The maximum atomic E-state index is 12.8. The molecule has 1 aliphatic carbocycles. The Kier molecular flexibility index (Phi) is 4.68. The largest absolute Gasteiger partial charge is 0.481 e. The Hall–Kier alpha value is -1.10. The minimum atomic E-state index is -0.790. The molecule has 5 heteroatoms. The quantitative estimate of drug-likeness (QED) is 0.821. The molecule has 0 aromatic heterocycles. The van der Waals surface area contributed by atoms with Crippen LogP contribution in [0.4, 0.5) is 0 Å². The highest BCUT2D eigenvalue weighted by Crippen LogP contribution is 2.40. The third-order valence-corrected chi connectivity index (χ3v) is 5.13. The lowest BCUT2D eigenvalue weighted by Gasteiger charge is -2.42. The van der Waals surface area contributed by atoms with Gasteiger partial charge in [0.2, 0.25) is 5.91 Å². The lowest BCUT2D eigenvalue weighted by molar-refractivity contribution is -0.150. The molecule has 1 saturated heterocycles. The van der Waals surface area contributed by atoms with Gasteiger partial charge in [0.25, 0.3) is 0 Å². The molecule has 1 aliphatic heterocycles. The van der Waals surface area contributed by atoms with Crippen molar-refractivity contribution >= 4 is 11.9 Å². The Labute approximate surface area is 120 Å². The summed E-state index contributed by atoms with van der Waals surface area (Å²) in [6.45, 7) is 3.63. The zero-order valence-electron chi connectivity index (χ0n) is 12.3. The number of hydrogen-bond donors (Lipinski definition) is 2. The lowest BCUT2D eigenvalue weighted by atomic mass is 9.69. The Balaban J connectivity index is 2.06. The first kappa shape index (κ1) is 15.3. The minimum absolute atomic E-state index is 0.0952. The van der Waals surface area contributed by atoms with Gasteiger partial charge < -0.3 is 15.7 Å². The Morgan fingerprint density at radius 1 is 1.30 bits per heavy atom. The van der Waals surface area contributed by atoms with E-state index in [9.17, 15) is 9.59 Å². The Morgan fingerprint density at radius 2 is 1.95 bits per heavy atom. The fourth-order valence-electron chi connectivity index (χ4n) is 3.52. The molecule has 2 aliphatic rings. The molecular formula is C15H26N2O3. The molecular weight excluding hydrogens is 256 g/mol. The number of aliphatic carboxylic acids is 1. The summed E-state index contributed by atoms with van der Waals surface area (Å²) in [4.78, 5) is 25.7. The standard InChI is InChI=1S/C15H26N2O3/c1-11-4-6-15(10-16,7-5-11)14(20)17-8-2-3-12(9-17)13(18)19/h11-12H,2-10,16H2,1H3,(H,18,19)/t11?,12-,15?/m1/s1. The first-order chi connectivity index (χ1) is 9.48. The van der Waals surface area contributed by atoms with Crippen LogP contribution in [0.15, 0.2) is 0 Å². The van der Waals surface area contributed by atoms with E-state index >= 15 is 0 Å². The number of carboxylic acids is 1. The molecule has 3 N–H and O–H groups in total. The highest BCUT2D eigenvalue weighted by Gasteiger charge is 2.43. The van der Waals surface area contributed by atoms with Gasteiger partial charge in [-0.05, 0) is 44.4 Å². The molecule has 1 saturated carbocycles. The van der Waals surface area contributed by atoms with Crippen LogP contribution in [0.1, 0.15) is 45.4 Å². The molecule has 0 aromatic rings. The second-order valence-corrected chi connectivity index (χ2v) is 6.60. The van der Waals surface area contributed by atoms with Crippen LogP contribution in [-0.2, 0) is 9.59 Å². The third kappa shape index (κ3) is 2.97. The van der Waals surface area contributed by atoms with Gasteiger partial charge in [-0.1, -0.05) is 6.92 Å². The van der Waals surface area contributed by atoms with Crippen molar-refractivity contribution in [3.8, 4) is 0 Å². The highest BCUT2D eigenvalue weighted by atomic mass is 16.4. The summed E-state index contributed by atoms with van der Waals surface area (Å²) in [5.41, 5.74) is 5.48. The third-order valence-electron chi connectivity index (χ3n) is 5.13. The lowest BCUT2D eigenvalue weighted by Crippen LogP contribution is -2.53. The summed E-state index contributed by atoms with van der Waals surface area (Å²) in [6.07, 6.45) is 5.22. The van der Waals surface area contributed by atoms with Gasteiger partial charge in [-0.3, -0.25) is 9.59 Å². The van der Waals surface area contributed by atoms with E-state index in [4.69, 9.17) is 10.8 Å². The number of piperidine rings is 1. The van der Waals surface area contributed by atoms with E-state index in [1.807, 2.05) is 0 Å². The van der Waals surface area contributed by atoms with Crippen molar-refractivity contribution in [2.24, 2.45) is 23.0 Å². The highest BCUT2D eigenvalue weighted by molar-refractivity contribution is 5.84. The van der Waals surface area contributed by atoms with Crippen LogP contribution in [-0.4, -0.2) is 41.5 Å². The number of carbonyl (C=O) groups is 2. The number of nitrogens with two attached hydrogens (primary N) is 1. The average molecular weight is 282 g/mol. The van der Waals surface area contributed by atoms with Crippen LogP contribution in [0, 0.1) is 17.3 Å². The van der Waals surface area contributed by atoms with E-state index in [1.54, 1.807) is 4.90 Å². The minimum Gasteiger partial charge on any atom is -0.481 e. The Morgan fingerprint density at radius 3 is 2.50 bits per heavy atom. The SMILES string of the molecule is CC1CCC(CN)(C(=O)N2CCC[C@@H](C(=O)O)C2)CC1. The van der Waals surface area contributed by atoms with Crippen molar-refractivity contribution < 1.29 is 14.7 Å². The fourth-order valence-corrected chi connectivity index (χ4v) is 3.52. The second kappa shape index (κ2) is 6.12. The van der Waals surface area contributed by atoms with Gasteiger partial charge in [0, 0.05) is 19.6 Å². The predicted molar refractivity (Wildman–Crippen MR) is 76.1 cm³/mol. The van der Waals surface area contributed by atoms with Gasteiger partial charge >= 0.3 is 5.97 Å². The van der Waals surface area contributed by atoms with Gasteiger partial charge in [-0.2, -0.15) is 0 Å². The van der Waals surface area contributed by atoms with Crippen molar-refractivity contribution in [1.29, 1.82) is 0 Å². The molecule has 0 bridgehead atoms. The predicted octanol–water partition coefficient (Wildman–Crippen LogP) is 1.46. The van der Waals surface area contributed by atoms with Crippen LogP contribution < -0.4 is 5.73 Å². The van der Waals surface area contributed by atoms with E-state index in [0.29, 0.717) is 32.0 Å². The van der Waals surface area contributed by atoms with Crippen LogP contribution in [0.5, 0.6) is 0 Å². The molecule has 2 fully saturated rings. The number of hydrogen-bond acceptors (Lipinski definition) is 3. The Bertz CT molecular complexity index is 375. The maximum Gasteiger partial charge on any atom is 0.308 e. The van der Waals surface area contributed by atoms with Gasteiger partial charge in [0.15, 0.2) is 0 Å². The normalized spacial score (nSPS) is 34.8. The summed E-state index contributed by atoms with van der Waals surface area (Å²) in [7, 11) is 0. The van der Waals surface area contributed by atoms with E-state index in [0.717, 1.165) is 32.1 Å². The molecule has 1 amide bonds. The van der Waals surface area contributed by atoms with Crippen molar-refractivity contribution in [3.63, 3.8) is 0 Å². The number of nitrogens with zero attached hydrogens (tertiary/aromatic N) is 1. The summed E-state index contributed by atoms with van der Waals surface area (Å²) in [5.74, 6) is -0.444. The molecule has 1 atom stereocenters.